The third kappa shape index (κ3) is 2.42. The lowest BCUT2D eigenvalue weighted by Crippen LogP contribution is -2.51. The minimum absolute atomic E-state index is 0.0162. The zero-order valence-electron chi connectivity index (χ0n) is 11.1. The number of carbonyl (C=O) groups is 2. The van der Waals surface area contributed by atoms with Gasteiger partial charge in [0.05, 0.1) is 5.37 Å². The molecule has 0 spiro atoms. The Bertz CT molecular complexity index is 519. The van der Waals surface area contributed by atoms with Crippen LogP contribution in [0.1, 0.15) is 18.4 Å². The third-order valence-corrected chi connectivity index (χ3v) is 5.42. The second kappa shape index (κ2) is 5.48. The highest BCUT2D eigenvalue weighted by molar-refractivity contribution is 8.00. The van der Waals surface area contributed by atoms with Crippen LogP contribution < -0.4 is 0 Å². The second-order valence-electron chi connectivity index (χ2n) is 5.35. The molecule has 1 aromatic rings. The number of rotatable bonds is 3. The minimum atomic E-state index is -0.881. The van der Waals surface area contributed by atoms with E-state index in [0.29, 0.717) is 12.2 Å². The van der Waals surface area contributed by atoms with Crippen molar-refractivity contribution in [2.75, 3.05) is 5.75 Å². The number of fused-ring (bicyclic) bond motifs is 1. The summed E-state index contributed by atoms with van der Waals surface area (Å²) in [6, 6.07) is 9.30. The highest BCUT2D eigenvalue weighted by Gasteiger charge is 2.46. The smallest absolute Gasteiger partial charge is 0.327 e. The fourth-order valence-electron chi connectivity index (χ4n) is 3.04. The quantitative estimate of drug-likeness (QED) is 0.925. The van der Waals surface area contributed by atoms with Crippen molar-refractivity contribution < 1.29 is 14.7 Å². The number of piperidine rings is 1. The Hall–Kier alpha value is -1.49. The number of aliphatic carboxylic acids is 1. The van der Waals surface area contributed by atoms with Gasteiger partial charge in [0, 0.05) is 11.7 Å². The lowest BCUT2D eigenvalue weighted by molar-refractivity contribution is -0.153. The fourth-order valence-corrected chi connectivity index (χ4v) is 4.46. The average molecular weight is 291 g/mol. The van der Waals surface area contributed by atoms with Gasteiger partial charge in [0.2, 0.25) is 5.91 Å². The molecule has 1 aromatic carbocycles. The zero-order valence-corrected chi connectivity index (χ0v) is 11.9. The van der Waals surface area contributed by atoms with Gasteiger partial charge < -0.3 is 10.0 Å². The Morgan fingerprint density at radius 1 is 1.30 bits per heavy atom. The van der Waals surface area contributed by atoms with E-state index in [1.165, 1.54) is 0 Å². The van der Waals surface area contributed by atoms with Gasteiger partial charge in [0.25, 0.3) is 0 Å². The molecule has 2 aliphatic heterocycles. The van der Waals surface area contributed by atoms with Gasteiger partial charge in [-0.3, -0.25) is 4.79 Å². The number of nitrogens with zero attached hydrogens (tertiary/aromatic N) is 1. The highest BCUT2D eigenvalue weighted by Crippen LogP contribution is 2.39. The first-order chi connectivity index (χ1) is 9.66. The van der Waals surface area contributed by atoms with Crippen LogP contribution in [-0.4, -0.2) is 39.1 Å². The second-order valence-corrected chi connectivity index (χ2v) is 6.56. The number of thioether (sulfide) groups is 1. The summed E-state index contributed by atoms with van der Waals surface area (Å²) in [5.41, 5.74) is 1.14. The summed E-state index contributed by atoms with van der Waals surface area (Å²) in [5.74, 6) is -0.422. The molecule has 1 amide bonds. The van der Waals surface area contributed by atoms with E-state index in [2.05, 4.69) is 0 Å². The van der Waals surface area contributed by atoms with Gasteiger partial charge in [-0.1, -0.05) is 30.3 Å². The molecule has 3 unspecified atom stereocenters. The fraction of sp³-hybridized carbons (Fsp3) is 0.467. The molecule has 2 fully saturated rings. The molecule has 2 heterocycles. The van der Waals surface area contributed by atoms with Crippen molar-refractivity contribution in [1.29, 1.82) is 0 Å². The van der Waals surface area contributed by atoms with Crippen molar-refractivity contribution >= 4 is 23.6 Å². The molecule has 0 saturated carbocycles. The molecule has 5 heteroatoms. The molecular formula is C15H17NO3S. The third-order valence-electron chi connectivity index (χ3n) is 4.07. The maximum atomic E-state index is 12.6. The molecule has 1 N–H and O–H groups in total. The molecule has 3 atom stereocenters. The molecule has 20 heavy (non-hydrogen) atoms. The number of carbonyl (C=O) groups excluding carboxylic acids is 1. The SMILES string of the molecule is O=C(O)C1CSC2CCC(Cc3ccccc3)C(=O)N21. The Morgan fingerprint density at radius 2 is 2.05 bits per heavy atom. The number of amides is 1. The molecule has 106 valence electrons. The summed E-state index contributed by atoms with van der Waals surface area (Å²) in [5, 5.41) is 9.30. The summed E-state index contributed by atoms with van der Waals surface area (Å²) in [6.45, 7) is 0. The van der Waals surface area contributed by atoms with Crippen molar-refractivity contribution in [1.82, 2.24) is 4.90 Å². The molecule has 4 nitrogen and oxygen atoms in total. The van der Waals surface area contributed by atoms with Crippen LogP contribution in [0.5, 0.6) is 0 Å². The predicted octanol–water partition coefficient (Wildman–Crippen LogP) is 1.99. The molecule has 0 aliphatic carbocycles. The van der Waals surface area contributed by atoms with Crippen LogP contribution in [0.4, 0.5) is 0 Å². The van der Waals surface area contributed by atoms with E-state index < -0.39 is 12.0 Å². The topological polar surface area (TPSA) is 57.6 Å². The van der Waals surface area contributed by atoms with E-state index >= 15 is 0 Å². The molecule has 0 aromatic heterocycles. The van der Waals surface area contributed by atoms with E-state index in [9.17, 15) is 14.7 Å². The molecule has 0 bridgehead atoms. The van der Waals surface area contributed by atoms with Gasteiger partial charge in [-0.25, -0.2) is 4.79 Å². The monoisotopic (exact) mass is 291 g/mol. The van der Waals surface area contributed by atoms with Crippen molar-refractivity contribution in [3.63, 3.8) is 0 Å². The predicted molar refractivity (Wildman–Crippen MR) is 77.4 cm³/mol. The number of hydrogen-bond acceptors (Lipinski definition) is 3. The average Bonchev–Trinajstić information content (AvgIpc) is 2.88. The first kappa shape index (κ1) is 13.5. The Labute approximate surface area is 122 Å². The van der Waals surface area contributed by atoms with E-state index in [1.807, 2.05) is 30.3 Å². The number of carboxylic acid groups (broad SMARTS) is 1. The lowest BCUT2D eigenvalue weighted by Gasteiger charge is -2.36. The van der Waals surface area contributed by atoms with Gasteiger partial charge in [-0.2, -0.15) is 0 Å². The van der Waals surface area contributed by atoms with Gasteiger partial charge in [0.1, 0.15) is 6.04 Å². The summed E-state index contributed by atoms with van der Waals surface area (Å²) in [6.07, 6.45) is 2.46. The first-order valence-electron chi connectivity index (χ1n) is 6.87. The Kier molecular flexibility index (Phi) is 3.70. The standard InChI is InChI=1S/C15H17NO3S/c17-14-11(8-10-4-2-1-3-5-10)6-7-13-16(14)12(9-20-13)15(18)19/h1-5,11-13H,6-9H2,(H,18,19). The zero-order chi connectivity index (χ0) is 14.1. The lowest BCUT2D eigenvalue weighted by atomic mass is 9.89. The van der Waals surface area contributed by atoms with E-state index in [0.717, 1.165) is 18.4 Å². The van der Waals surface area contributed by atoms with Crippen molar-refractivity contribution in [3.8, 4) is 0 Å². The summed E-state index contributed by atoms with van der Waals surface area (Å²) in [4.78, 5) is 25.5. The van der Waals surface area contributed by atoms with Crippen LogP contribution in [0.15, 0.2) is 30.3 Å². The Balaban J connectivity index is 1.75. The normalized spacial score (nSPS) is 29.3. The summed E-state index contributed by atoms with van der Waals surface area (Å²) >= 11 is 1.60. The van der Waals surface area contributed by atoms with Gasteiger partial charge in [-0.05, 0) is 24.8 Å². The summed E-state index contributed by atoms with van der Waals surface area (Å²) in [7, 11) is 0. The first-order valence-corrected chi connectivity index (χ1v) is 7.92. The molecular weight excluding hydrogens is 274 g/mol. The van der Waals surface area contributed by atoms with Crippen LogP contribution in [-0.2, 0) is 16.0 Å². The number of hydrogen-bond donors (Lipinski definition) is 1. The van der Waals surface area contributed by atoms with Gasteiger partial charge in [0.15, 0.2) is 0 Å². The van der Waals surface area contributed by atoms with Crippen molar-refractivity contribution in [2.45, 2.75) is 30.7 Å². The molecule has 3 rings (SSSR count). The summed E-state index contributed by atoms with van der Waals surface area (Å²) < 4.78 is 0. The highest BCUT2D eigenvalue weighted by atomic mass is 32.2. The van der Waals surface area contributed by atoms with Gasteiger partial charge in [-0.15, -0.1) is 11.8 Å². The van der Waals surface area contributed by atoms with Crippen LogP contribution in [0, 0.1) is 5.92 Å². The number of benzene rings is 1. The van der Waals surface area contributed by atoms with E-state index in [4.69, 9.17) is 0 Å². The van der Waals surface area contributed by atoms with Crippen molar-refractivity contribution in [3.05, 3.63) is 35.9 Å². The molecule has 2 aliphatic rings. The van der Waals surface area contributed by atoms with E-state index in [1.54, 1.807) is 16.7 Å². The maximum Gasteiger partial charge on any atom is 0.327 e. The van der Waals surface area contributed by atoms with Crippen LogP contribution in [0.3, 0.4) is 0 Å². The van der Waals surface area contributed by atoms with Crippen LogP contribution in [0.25, 0.3) is 0 Å². The van der Waals surface area contributed by atoms with E-state index in [-0.39, 0.29) is 17.2 Å². The molecule has 0 radical (unpaired) electrons. The van der Waals surface area contributed by atoms with Gasteiger partial charge >= 0.3 is 5.97 Å². The van der Waals surface area contributed by atoms with Crippen LogP contribution in [0.2, 0.25) is 0 Å². The largest absolute Gasteiger partial charge is 0.480 e. The van der Waals surface area contributed by atoms with Crippen LogP contribution >= 0.6 is 11.8 Å². The number of carboxylic acids is 1. The minimum Gasteiger partial charge on any atom is -0.480 e. The molecule has 2 saturated heterocycles. The Morgan fingerprint density at radius 3 is 2.75 bits per heavy atom. The maximum absolute atomic E-state index is 12.6. The van der Waals surface area contributed by atoms with Crippen molar-refractivity contribution in [2.24, 2.45) is 5.92 Å².